The minimum Gasteiger partial charge on any atom is -0.383 e. The van der Waals surface area contributed by atoms with Crippen molar-refractivity contribution in [3.63, 3.8) is 0 Å². The number of aliphatic hydroxyl groups is 2. The van der Waals surface area contributed by atoms with E-state index in [2.05, 4.69) is 0 Å². The van der Waals surface area contributed by atoms with Crippen LogP contribution in [0.1, 0.15) is 35.1 Å². The van der Waals surface area contributed by atoms with Gasteiger partial charge in [0.15, 0.2) is 0 Å². The number of amides is 2. The van der Waals surface area contributed by atoms with Crippen LogP contribution in [0, 0.1) is 0 Å². The van der Waals surface area contributed by atoms with E-state index >= 15 is 0 Å². The molecule has 0 heterocycles. The Morgan fingerprint density at radius 2 is 0.675 bits per heavy atom. The third-order valence-electron chi connectivity index (χ3n) is 6.77. The maximum absolute atomic E-state index is 13.3. The molecule has 0 aliphatic rings. The molecule has 0 aromatic heterocycles. The molecular weight excluding hydrogens is 500 g/mol. The number of hydrogen-bond acceptors (Lipinski definition) is 4. The Balaban J connectivity index is 1.41. The Hall–Kier alpha value is -4.26. The summed E-state index contributed by atoms with van der Waals surface area (Å²) in [5.74, 6) is -0.865. The largest absolute Gasteiger partial charge is 0.383 e. The summed E-state index contributed by atoms with van der Waals surface area (Å²) < 4.78 is 0. The molecular formula is C34H36N2O4. The van der Waals surface area contributed by atoms with Crippen LogP contribution in [0.5, 0.6) is 0 Å². The van der Waals surface area contributed by atoms with Gasteiger partial charge in [-0.15, -0.1) is 0 Å². The van der Waals surface area contributed by atoms with Crippen molar-refractivity contribution in [2.75, 3.05) is 0 Å². The number of carbonyl (C=O) groups is 2. The second-order valence-electron chi connectivity index (χ2n) is 9.94. The van der Waals surface area contributed by atoms with Gasteiger partial charge in [-0.05, 0) is 35.1 Å². The number of carbonyl (C=O) groups excluding carboxylic acids is 2. The van der Waals surface area contributed by atoms with Gasteiger partial charge in [-0.3, -0.25) is 9.59 Å². The number of rotatable bonds is 13. The Morgan fingerprint density at radius 3 is 0.900 bits per heavy atom. The zero-order chi connectivity index (χ0) is 28.2. The zero-order valence-electron chi connectivity index (χ0n) is 22.5. The summed E-state index contributed by atoms with van der Waals surface area (Å²) in [6.07, 6.45) is -2.75. The first-order valence-corrected chi connectivity index (χ1v) is 13.6. The van der Waals surface area contributed by atoms with Gasteiger partial charge in [-0.1, -0.05) is 121 Å². The maximum atomic E-state index is 13.3. The third kappa shape index (κ3) is 8.63. The van der Waals surface area contributed by atoms with E-state index in [4.69, 9.17) is 0 Å². The molecule has 0 aliphatic carbocycles. The molecule has 0 spiro atoms. The van der Waals surface area contributed by atoms with Crippen molar-refractivity contribution in [3.8, 4) is 0 Å². The molecule has 2 amide bonds. The molecule has 206 valence electrons. The predicted molar refractivity (Wildman–Crippen MR) is 156 cm³/mol. The van der Waals surface area contributed by atoms with Crippen LogP contribution in [0.4, 0.5) is 0 Å². The number of nitrogens with zero attached hydrogens (tertiary/aromatic N) is 2. The Labute approximate surface area is 236 Å². The summed E-state index contributed by atoms with van der Waals surface area (Å²) in [7, 11) is 0. The molecule has 40 heavy (non-hydrogen) atoms. The van der Waals surface area contributed by atoms with E-state index in [-0.39, 0.29) is 12.8 Å². The van der Waals surface area contributed by atoms with Crippen molar-refractivity contribution >= 4 is 11.8 Å². The average Bonchev–Trinajstić information content (AvgIpc) is 3.00. The molecule has 2 atom stereocenters. The molecule has 0 saturated carbocycles. The normalized spacial score (nSPS) is 12.3. The van der Waals surface area contributed by atoms with Gasteiger partial charge in [-0.2, -0.15) is 0 Å². The van der Waals surface area contributed by atoms with Gasteiger partial charge in [0.1, 0.15) is 12.2 Å². The third-order valence-corrected chi connectivity index (χ3v) is 6.77. The van der Waals surface area contributed by atoms with E-state index in [1.807, 2.05) is 121 Å². The first-order chi connectivity index (χ1) is 19.5. The van der Waals surface area contributed by atoms with E-state index in [9.17, 15) is 19.8 Å². The van der Waals surface area contributed by atoms with Gasteiger partial charge in [0.25, 0.3) is 11.8 Å². The SMILES string of the molecule is O=C(C(O)CCC(O)C(=O)N(Cc1ccccc1)Cc1ccccc1)N(Cc1ccccc1)Cc1ccccc1. The summed E-state index contributed by atoms with van der Waals surface area (Å²) >= 11 is 0. The van der Waals surface area contributed by atoms with Gasteiger partial charge in [0, 0.05) is 26.2 Å². The molecule has 0 saturated heterocycles. The summed E-state index contributed by atoms with van der Waals surface area (Å²) in [5.41, 5.74) is 3.80. The summed E-state index contributed by atoms with van der Waals surface area (Å²) in [6.45, 7) is 1.37. The standard InChI is InChI=1S/C34H36N2O4/c37-31(33(39)35(23-27-13-5-1-6-14-27)24-28-15-7-2-8-16-28)21-22-32(38)34(40)36(25-29-17-9-3-10-18-29)26-30-19-11-4-12-20-30/h1-20,31-32,37-38H,21-26H2. The molecule has 0 bridgehead atoms. The quantitative estimate of drug-likeness (QED) is 0.254. The molecule has 4 rings (SSSR count). The van der Waals surface area contributed by atoms with Crippen LogP contribution in [-0.4, -0.2) is 44.0 Å². The molecule has 4 aromatic carbocycles. The van der Waals surface area contributed by atoms with Crippen LogP contribution >= 0.6 is 0 Å². The van der Waals surface area contributed by atoms with E-state index < -0.39 is 24.0 Å². The molecule has 6 heteroatoms. The van der Waals surface area contributed by atoms with E-state index in [1.54, 1.807) is 9.80 Å². The molecule has 2 unspecified atom stereocenters. The molecule has 4 aromatic rings. The minimum absolute atomic E-state index is 0.0314. The van der Waals surface area contributed by atoms with Gasteiger partial charge >= 0.3 is 0 Å². The fourth-order valence-corrected chi connectivity index (χ4v) is 4.62. The van der Waals surface area contributed by atoms with E-state index in [1.165, 1.54) is 0 Å². The van der Waals surface area contributed by atoms with Crippen molar-refractivity contribution in [3.05, 3.63) is 144 Å². The summed E-state index contributed by atoms with van der Waals surface area (Å²) in [4.78, 5) is 29.9. The van der Waals surface area contributed by atoms with Gasteiger partial charge in [0.05, 0.1) is 0 Å². The Kier molecular flexibility index (Phi) is 10.6. The number of aliphatic hydroxyl groups excluding tert-OH is 2. The smallest absolute Gasteiger partial charge is 0.252 e. The van der Waals surface area contributed by atoms with Crippen LogP contribution in [0.3, 0.4) is 0 Å². The van der Waals surface area contributed by atoms with Crippen LogP contribution in [-0.2, 0) is 35.8 Å². The monoisotopic (exact) mass is 536 g/mol. The van der Waals surface area contributed by atoms with Crippen molar-refractivity contribution in [1.29, 1.82) is 0 Å². The van der Waals surface area contributed by atoms with E-state index in [0.29, 0.717) is 26.2 Å². The maximum Gasteiger partial charge on any atom is 0.252 e. The Morgan fingerprint density at radius 1 is 0.450 bits per heavy atom. The highest BCUT2D eigenvalue weighted by Crippen LogP contribution is 2.17. The predicted octanol–water partition coefficient (Wildman–Crippen LogP) is 4.95. The second-order valence-corrected chi connectivity index (χ2v) is 9.94. The highest BCUT2D eigenvalue weighted by atomic mass is 16.3. The fourth-order valence-electron chi connectivity index (χ4n) is 4.62. The van der Waals surface area contributed by atoms with E-state index in [0.717, 1.165) is 22.3 Å². The lowest BCUT2D eigenvalue weighted by atomic mass is 10.1. The topological polar surface area (TPSA) is 81.1 Å². The molecule has 2 N–H and O–H groups in total. The molecule has 0 aliphatic heterocycles. The number of hydrogen-bond donors (Lipinski definition) is 2. The lowest BCUT2D eigenvalue weighted by Gasteiger charge is -2.27. The van der Waals surface area contributed by atoms with Crippen LogP contribution in [0.25, 0.3) is 0 Å². The summed E-state index contributed by atoms with van der Waals surface area (Å²) in [5, 5.41) is 21.7. The zero-order valence-corrected chi connectivity index (χ0v) is 22.5. The second kappa shape index (κ2) is 14.8. The lowest BCUT2D eigenvalue weighted by Crippen LogP contribution is -2.41. The highest BCUT2D eigenvalue weighted by molar-refractivity contribution is 5.82. The molecule has 0 fully saturated rings. The highest BCUT2D eigenvalue weighted by Gasteiger charge is 2.27. The van der Waals surface area contributed by atoms with Crippen LogP contribution in [0.15, 0.2) is 121 Å². The van der Waals surface area contributed by atoms with Crippen molar-refractivity contribution < 1.29 is 19.8 Å². The molecule has 6 nitrogen and oxygen atoms in total. The average molecular weight is 537 g/mol. The lowest BCUT2D eigenvalue weighted by molar-refractivity contribution is -0.145. The first kappa shape index (κ1) is 28.7. The van der Waals surface area contributed by atoms with Crippen molar-refractivity contribution in [2.24, 2.45) is 0 Å². The van der Waals surface area contributed by atoms with Crippen molar-refractivity contribution in [1.82, 2.24) is 9.80 Å². The minimum atomic E-state index is -1.34. The Bertz CT molecular complexity index is 1130. The van der Waals surface area contributed by atoms with Gasteiger partial charge in [-0.25, -0.2) is 0 Å². The van der Waals surface area contributed by atoms with Crippen LogP contribution < -0.4 is 0 Å². The van der Waals surface area contributed by atoms with Crippen LogP contribution in [0.2, 0.25) is 0 Å². The fraction of sp³-hybridized carbons (Fsp3) is 0.235. The molecule has 0 radical (unpaired) electrons. The van der Waals surface area contributed by atoms with Crippen molar-refractivity contribution in [2.45, 2.75) is 51.2 Å². The number of benzene rings is 4. The summed E-state index contributed by atoms with van der Waals surface area (Å²) in [6, 6.07) is 38.5. The van der Waals surface area contributed by atoms with Gasteiger partial charge in [0.2, 0.25) is 0 Å². The first-order valence-electron chi connectivity index (χ1n) is 13.6. The van der Waals surface area contributed by atoms with Gasteiger partial charge < -0.3 is 20.0 Å².